The van der Waals surface area contributed by atoms with Crippen LogP contribution in [0.2, 0.25) is 0 Å². The van der Waals surface area contributed by atoms with Crippen LogP contribution < -0.4 is 0 Å². The summed E-state index contributed by atoms with van der Waals surface area (Å²) in [5.41, 5.74) is 2.50. The summed E-state index contributed by atoms with van der Waals surface area (Å²) in [5, 5.41) is 15.8. The zero-order valence-corrected chi connectivity index (χ0v) is 10.0. The summed E-state index contributed by atoms with van der Waals surface area (Å²) in [6.07, 6.45) is 3.74. The Hall–Kier alpha value is -2.01. The lowest BCUT2D eigenvalue weighted by Crippen LogP contribution is -1.95. The smallest absolute Gasteiger partial charge is 0.214 e. The number of benzene rings is 1. The molecule has 0 saturated heterocycles. The van der Waals surface area contributed by atoms with Gasteiger partial charge >= 0.3 is 0 Å². The van der Waals surface area contributed by atoms with Crippen LogP contribution in [0.15, 0.2) is 24.3 Å². The Kier molecular flexibility index (Phi) is 3.30. The summed E-state index contributed by atoms with van der Waals surface area (Å²) in [7, 11) is 0. The molecule has 1 aromatic heterocycles. The summed E-state index contributed by atoms with van der Waals surface area (Å²) in [4.78, 5) is 4.17. The van der Waals surface area contributed by atoms with Gasteiger partial charge in [-0.2, -0.15) is 5.10 Å². The average molecular weight is 245 g/mol. The first kappa shape index (κ1) is 11.5. The van der Waals surface area contributed by atoms with Gasteiger partial charge in [0.25, 0.3) is 0 Å². The molecule has 1 heterocycles. The van der Waals surface area contributed by atoms with Crippen molar-refractivity contribution >= 4 is 24.4 Å². The Labute approximate surface area is 104 Å². The second-order valence-electron chi connectivity index (χ2n) is 3.54. The van der Waals surface area contributed by atoms with Gasteiger partial charge in [-0.3, -0.25) is 5.10 Å². The lowest BCUT2D eigenvalue weighted by Gasteiger charge is -1.97. The molecule has 1 aromatic carbocycles. The molecule has 0 radical (unpaired) electrons. The fourth-order valence-electron chi connectivity index (χ4n) is 1.32. The third-order valence-corrected chi connectivity index (χ3v) is 2.42. The number of phenolic OH excluding ortho intramolecular Hbond substituents is 1. The van der Waals surface area contributed by atoms with E-state index in [1.807, 2.05) is 31.2 Å². The predicted molar refractivity (Wildman–Crippen MR) is 69.0 cm³/mol. The van der Waals surface area contributed by atoms with Crippen molar-refractivity contribution in [2.45, 2.75) is 6.92 Å². The molecule has 4 nitrogen and oxygen atoms in total. The summed E-state index contributed by atoms with van der Waals surface area (Å²) in [5.74, 6) is 0.250. The van der Waals surface area contributed by atoms with Gasteiger partial charge in [0.1, 0.15) is 5.75 Å². The van der Waals surface area contributed by atoms with Crippen LogP contribution in [0.25, 0.3) is 12.2 Å². The molecular formula is C12H11N3OS. The van der Waals surface area contributed by atoms with Crippen molar-refractivity contribution < 1.29 is 5.11 Å². The van der Waals surface area contributed by atoms with Crippen molar-refractivity contribution in [3.8, 4) is 5.75 Å². The predicted octanol–water partition coefficient (Wildman–Crippen LogP) is 2.72. The maximum Gasteiger partial charge on any atom is 0.214 e. The van der Waals surface area contributed by atoms with E-state index in [1.165, 1.54) is 0 Å². The van der Waals surface area contributed by atoms with Crippen LogP contribution in [0.1, 0.15) is 17.0 Å². The molecule has 86 valence electrons. The highest BCUT2D eigenvalue weighted by atomic mass is 32.1. The monoisotopic (exact) mass is 245 g/mol. The van der Waals surface area contributed by atoms with Crippen LogP contribution in [-0.4, -0.2) is 20.3 Å². The van der Waals surface area contributed by atoms with Gasteiger partial charge in [-0.05, 0) is 42.9 Å². The quantitative estimate of drug-likeness (QED) is 0.799. The molecule has 0 bridgehead atoms. The summed E-state index contributed by atoms with van der Waals surface area (Å²) < 4.78 is 0.362. The Morgan fingerprint density at radius 1 is 1.24 bits per heavy atom. The van der Waals surface area contributed by atoms with E-state index in [2.05, 4.69) is 15.2 Å². The Morgan fingerprint density at radius 3 is 2.65 bits per heavy atom. The van der Waals surface area contributed by atoms with Gasteiger partial charge in [-0.25, -0.2) is 4.98 Å². The van der Waals surface area contributed by atoms with E-state index in [0.717, 1.165) is 17.0 Å². The van der Waals surface area contributed by atoms with E-state index in [1.54, 1.807) is 12.1 Å². The lowest BCUT2D eigenvalue weighted by molar-refractivity contribution is 0.475. The van der Waals surface area contributed by atoms with Crippen molar-refractivity contribution in [3.05, 3.63) is 46.0 Å². The third kappa shape index (κ3) is 2.98. The van der Waals surface area contributed by atoms with Gasteiger partial charge in [-0.15, -0.1) is 0 Å². The van der Waals surface area contributed by atoms with E-state index in [9.17, 15) is 0 Å². The van der Waals surface area contributed by atoms with Crippen molar-refractivity contribution in [1.82, 2.24) is 15.2 Å². The molecule has 0 fully saturated rings. The number of aromatic nitrogens is 3. The maximum absolute atomic E-state index is 9.16. The van der Waals surface area contributed by atoms with Crippen LogP contribution in [-0.2, 0) is 0 Å². The van der Waals surface area contributed by atoms with Crippen LogP contribution in [0.3, 0.4) is 0 Å². The summed E-state index contributed by atoms with van der Waals surface area (Å²) in [6.45, 7) is 1.86. The Bertz CT molecular complexity index is 602. The van der Waals surface area contributed by atoms with Crippen molar-refractivity contribution in [2.24, 2.45) is 0 Å². The first-order chi connectivity index (χ1) is 8.15. The minimum atomic E-state index is 0.250. The number of aryl methyl sites for hydroxylation is 1. The van der Waals surface area contributed by atoms with Crippen molar-refractivity contribution in [1.29, 1.82) is 0 Å². The van der Waals surface area contributed by atoms with Gasteiger partial charge in [0.05, 0.1) is 11.4 Å². The number of hydrogen-bond acceptors (Lipinski definition) is 4. The topological polar surface area (TPSA) is 61.8 Å². The van der Waals surface area contributed by atoms with Gasteiger partial charge in [-0.1, -0.05) is 18.2 Å². The largest absolute Gasteiger partial charge is 0.508 e. The number of nitrogens with one attached hydrogen (secondary N) is 1. The molecule has 0 saturated carbocycles. The van der Waals surface area contributed by atoms with Crippen LogP contribution in [0.4, 0.5) is 0 Å². The third-order valence-electron chi connectivity index (χ3n) is 2.24. The van der Waals surface area contributed by atoms with E-state index in [4.69, 9.17) is 17.3 Å². The van der Waals surface area contributed by atoms with E-state index in [-0.39, 0.29) is 5.75 Å². The molecule has 2 aromatic rings. The van der Waals surface area contributed by atoms with Gasteiger partial charge < -0.3 is 5.11 Å². The molecule has 0 unspecified atom stereocenters. The van der Waals surface area contributed by atoms with Crippen molar-refractivity contribution in [2.75, 3.05) is 0 Å². The molecule has 5 heteroatoms. The zero-order valence-electron chi connectivity index (χ0n) is 9.21. The molecule has 2 N–H and O–H groups in total. The fraction of sp³-hybridized carbons (Fsp3) is 0.0833. The zero-order chi connectivity index (χ0) is 12.3. The molecule has 0 aliphatic heterocycles. The first-order valence-electron chi connectivity index (χ1n) is 5.05. The number of nitrogens with zero attached hydrogens (tertiary/aromatic N) is 2. The highest BCUT2D eigenvalue weighted by molar-refractivity contribution is 7.71. The summed E-state index contributed by atoms with van der Waals surface area (Å²) in [6, 6.07) is 6.90. The molecular weight excluding hydrogens is 234 g/mol. The van der Waals surface area contributed by atoms with Crippen LogP contribution in [0.5, 0.6) is 5.75 Å². The number of H-pyrrole nitrogens is 1. The van der Waals surface area contributed by atoms with E-state index < -0.39 is 0 Å². The lowest BCUT2D eigenvalue weighted by atomic mass is 10.2. The number of aromatic amines is 1. The molecule has 0 amide bonds. The molecule has 17 heavy (non-hydrogen) atoms. The van der Waals surface area contributed by atoms with Gasteiger partial charge in [0.2, 0.25) is 4.77 Å². The minimum absolute atomic E-state index is 0.250. The number of aromatic hydroxyl groups is 1. The number of hydrogen-bond donors (Lipinski definition) is 2. The number of phenols is 1. The van der Waals surface area contributed by atoms with E-state index in [0.29, 0.717) is 4.77 Å². The van der Waals surface area contributed by atoms with Crippen molar-refractivity contribution in [3.63, 3.8) is 0 Å². The molecule has 0 spiro atoms. The minimum Gasteiger partial charge on any atom is -0.508 e. The van der Waals surface area contributed by atoms with E-state index >= 15 is 0 Å². The first-order valence-corrected chi connectivity index (χ1v) is 5.46. The maximum atomic E-state index is 9.16. The molecule has 0 atom stereocenters. The Balaban J connectivity index is 2.28. The highest BCUT2D eigenvalue weighted by Gasteiger charge is 1.96. The van der Waals surface area contributed by atoms with Crippen LogP contribution in [0, 0.1) is 11.7 Å². The Morgan fingerprint density at radius 2 is 1.94 bits per heavy atom. The highest BCUT2D eigenvalue weighted by Crippen LogP contribution is 2.12. The normalized spacial score (nSPS) is 10.9. The molecule has 2 rings (SSSR count). The molecule has 0 aliphatic rings. The molecule has 0 aliphatic carbocycles. The SMILES string of the molecule is Cc1n[nH]c(=S)nc1/C=C/c1ccc(O)cc1. The second-order valence-corrected chi connectivity index (χ2v) is 3.92. The standard InChI is InChI=1S/C12H11N3OS/c1-8-11(13-12(17)15-14-8)7-4-9-2-5-10(16)6-3-9/h2-7,16H,1H3,(H,13,15,17)/b7-4+. The second kappa shape index (κ2) is 4.88. The fourth-order valence-corrected chi connectivity index (χ4v) is 1.47. The van der Waals surface area contributed by atoms with Gasteiger partial charge in [0.15, 0.2) is 0 Å². The summed E-state index contributed by atoms with van der Waals surface area (Å²) >= 11 is 4.91. The average Bonchev–Trinajstić information content (AvgIpc) is 2.32. The number of rotatable bonds is 2. The van der Waals surface area contributed by atoms with Crippen LogP contribution >= 0.6 is 12.2 Å². The van der Waals surface area contributed by atoms with Gasteiger partial charge in [0, 0.05) is 0 Å².